The van der Waals surface area contributed by atoms with Crippen LogP contribution < -0.4 is 0 Å². The number of piperidine rings is 1. The summed E-state index contributed by atoms with van der Waals surface area (Å²) in [4.78, 5) is 25.5. The van der Waals surface area contributed by atoms with Crippen molar-refractivity contribution >= 4 is 5.91 Å². The molecule has 4 rings (SSSR count). The van der Waals surface area contributed by atoms with Crippen molar-refractivity contribution in [2.45, 2.75) is 19.5 Å². The summed E-state index contributed by atoms with van der Waals surface area (Å²) in [5, 5.41) is 0. The van der Waals surface area contributed by atoms with Crippen LogP contribution >= 0.6 is 0 Å². The maximum absolute atomic E-state index is 12.9. The maximum atomic E-state index is 12.9. The van der Waals surface area contributed by atoms with Crippen molar-refractivity contribution in [3.63, 3.8) is 0 Å². The molecule has 0 radical (unpaired) electrons. The molecule has 24 heavy (non-hydrogen) atoms. The second-order valence-corrected chi connectivity index (χ2v) is 6.83. The lowest BCUT2D eigenvalue weighted by molar-refractivity contribution is -0.140. The van der Waals surface area contributed by atoms with Crippen LogP contribution in [-0.4, -0.2) is 45.3 Å². The number of aromatic nitrogens is 2. The highest BCUT2D eigenvalue weighted by Gasteiger charge is 2.42. The molecule has 5 heteroatoms. The quantitative estimate of drug-likeness (QED) is 0.863. The summed E-state index contributed by atoms with van der Waals surface area (Å²) < 4.78 is 0. The third-order valence-corrected chi connectivity index (χ3v) is 5.17. The monoisotopic (exact) mass is 322 g/mol. The predicted molar refractivity (Wildman–Crippen MR) is 90.8 cm³/mol. The van der Waals surface area contributed by atoms with Crippen molar-refractivity contribution in [1.82, 2.24) is 19.8 Å². The third-order valence-electron chi connectivity index (χ3n) is 5.17. The third kappa shape index (κ3) is 3.17. The molecule has 0 aromatic carbocycles. The molecule has 2 atom stereocenters. The summed E-state index contributed by atoms with van der Waals surface area (Å²) >= 11 is 0. The molecule has 2 fully saturated rings. The van der Waals surface area contributed by atoms with E-state index < -0.39 is 0 Å². The number of carbonyl (C=O) groups is 1. The maximum Gasteiger partial charge on any atom is 0.227 e. The van der Waals surface area contributed by atoms with E-state index in [1.165, 1.54) is 5.56 Å². The van der Waals surface area contributed by atoms with E-state index in [2.05, 4.69) is 27.0 Å². The Bertz CT molecular complexity index is 691. The highest BCUT2D eigenvalue weighted by molar-refractivity contribution is 5.80. The van der Waals surface area contributed by atoms with Crippen molar-refractivity contribution in [3.05, 3.63) is 60.2 Å². The number of fused-ring (bicyclic) bond motifs is 1. The highest BCUT2D eigenvalue weighted by Crippen LogP contribution is 2.33. The van der Waals surface area contributed by atoms with Crippen LogP contribution in [0.2, 0.25) is 0 Å². The normalized spacial score (nSPS) is 24.2. The molecule has 2 saturated heterocycles. The number of nitrogens with zero attached hydrogens (tertiary/aromatic N) is 4. The van der Waals surface area contributed by atoms with E-state index in [-0.39, 0.29) is 5.92 Å². The first-order valence-corrected chi connectivity index (χ1v) is 8.58. The Labute approximate surface area is 142 Å². The minimum Gasteiger partial charge on any atom is -0.338 e. The first-order chi connectivity index (χ1) is 11.8. The van der Waals surface area contributed by atoms with Gasteiger partial charge in [-0.1, -0.05) is 6.07 Å². The Balaban J connectivity index is 1.40. The fraction of sp³-hybridized carbons (Fsp3) is 0.421. The highest BCUT2D eigenvalue weighted by atomic mass is 16.2. The lowest BCUT2D eigenvalue weighted by Crippen LogP contribution is -2.44. The van der Waals surface area contributed by atoms with Crippen molar-refractivity contribution < 1.29 is 4.79 Å². The Morgan fingerprint density at radius 2 is 1.88 bits per heavy atom. The van der Waals surface area contributed by atoms with Gasteiger partial charge in [0, 0.05) is 57.5 Å². The number of amides is 1. The van der Waals surface area contributed by atoms with Crippen molar-refractivity contribution in [2.24, 2.45) is 11.8 Å². The molecule has 4 heterocycles. The predicted octanol–water partition coefficient (Wildman–Crippen LogP) is 1.96. The Morgan fingerprint density at radius 1 is 1.00 bits per heavy atom. The number of likely N-dealkylation sites (tertiary alicyclic amines) is 2. The van der Waals surface area contributed by atoms with Gasteiger partial charge in [0.1, 0.15) is 0 Å². The van der Waals surface area contributed by atoms with E-state index in [9.17, 15) is 4.79 Å². The van der Waals surface area contributed by atoms with E-state index in [1.807, 2.05) is 35.6 Å². The van der Waals surface area contributed by atoms with Crippen LogP contribution in [0.3, 0.4) is 0 Å². The van der Waals surface area contributed by atoms with Gasteiger partial charge in [-0.2, -0.15) is 0 Å². The number of hydrogen-bond donors (Lipinski definition) is 0. The first kappa shape index (κ1) is 15.3. The topological polar surface area (TPSA) is 49.3 Å². The van der Waals surface area contributed by atoms with Crippen LogP contribution in [0.25, 0.3) is 0 Å². The largest absolute Gasteiger partial charge is 0.338 e. The summed E-state index contributed by atoms with van der Waals surface area (Å²) in [5.74, 6) is 0.967. The molecule has 2 aliphatic heterocycles. The lowest BCUT2D eigenvalue weighted by atomic mass is 9.88. The fourth-order valence-corrected chi connectivity index (χ4v) is 3.94. The zero-order valence-corrected chi connectivity index (χ0v) is 13.7. The molecular weight excluding hydrogens is 300 g/mol. The van der Waals surface area contributed by atoms with Crippen LogP contribution in [0, 0.1) is 11.8 Å². The van der Waals surface area contributed by atoms with Crippen LogP contribution in [0.4, 0.5) is 0 Å². The number of carbonyl (C=O) groups excluding carboxylic acids is 1. The summed E-state index contributed by atoms with van der Waals surface area (Å²) in [6, 6.07) is 8.08. The molecule has 2 aliphatic rings. The van der Waals surface area contributed by atoms with Crippen LogP contribution in [0.5, 0.6) is 0 Å². The zero-order chi connectivity index (χ0) is 16.4. The van der Waals surface area contributed by atoms with Crippen LogP contribution in [0.15, 0.2) is 49.1 Å². The minimum absolute atomic E-state index is 0.150. The lowest BCUT2D eigenvalue weighted by Gasteiger charge is -2.33. The molecule has 124 valence electrons. The van der Waals surface area contributed by atoms with E-state index in [0.29, 0.717) is 18.4 Å². The van der Waals surface area contributed by atoms with Crippen molar-refractivity contribution in [1.29, 1.82) is 0 Å². The summed E-state index contributed by atoms with van der Waals surface area (Å²) in [5.41, 5.74) is 2.37. The molecule has 0 spiro atoms. The van der Waals surface area contributed by atoms with E-state index in [1.54, 1.807) is 6.20 Å². The van der Waals surface area contributed by atoms with E-state index >= 15 is 0 Å². The van der Waals surface area contributed by atoms with Gasteiger partial charge in [-0.15, -0.1) is 0 Å². The second kappa shape index (κ2) is 6.69. The molecule has 2 aromatic heterocycles. The standard InChI is InChI=1S/C19H22N4O/c24-19-18-14-22(11-15-3-7-20-8-4-15)13-17(18)5-9-23(19)12-16-2-1-6-21-10-16/h1-4,6-8,10,17-18H,5,9,11-14H2/t17-,18-/m0/s1. The van der Waals surface area contributed by atoms with Gasteiger partial charge in [-0.25, -0.2) is 0 Å². The molecule has 0 aliphatic carbocycles. The molecule has 2 aromatic rings. The Hall–Kier alpha value is -2.27. The van der Waals surface area contributed by atoms with Gasteiger partial charge in [0.05, 0.1) is 5.92 Å². The van der Waals surface area contributed by atoms with Gasteiger partial charge in [0.2, 0.25) is 5.91 Å². The van der Waals surface area contributed by atoms with Gasteiger partial charge in [-0.05, 0) is 41.7 Å². The Kier molecular flexibility index (Phi) is 4.26. The van der Waals surface area contributed by atoms with Gasteiger partial charge in [-0.3, -0.25) is 19.7 Å². The molecule has 0 unspecified atom stereocenters. The fourth-order valence-electron chi connectivity index (χ4n) is 3.94. The van der Waals surface area contributed by atoms with Gasteiger partial charge < -0.3 is 4.90 Å². The van der Waals surface area contributed by atoms with Crippen molar-refractivity contribution in [3.8, 4) is 0 Å². The van der Waals surface area contributed by atoms with E-state index in [0.717, 1.165) is 38.2 Å². The van der Waals surface area contributed by atoms with Gasteiger partial charge in [0.25, 0.3) is 0 Å². The Morgan fingerprint density at radius 3 is 2.67 bits per heavy atom. The molecule has 0 N–H and O–H groups in total. The van der Waals surface area contributed by atoms with Crippen LogP contribution in [0.1, 0.15) is 17.5 Å². The SMILES string of the molecule is O=C1[C@H]2CN(Cc3ccncc3)C[C@@H]2CCN1Cc1cccnc1. The second-order valence-electron chi connectivity index (χ2n) is 6.83. The number of pyridine rings is 2. The van der Waals surface area contributed by atoms with Gasteiger partial charge >= 0.3 is 0 Å². The van der Waals surface area contributed by atoms with Crippen LogP contribution in [-0.2, 0) is 17.9 Å². The average Bonchev–Trinajstić information content (AvgIpc) is 3.03. The smallest absolute Gasteiger partial charge is 0.227 e. The first-order valence-electron chi connectivity index (χ1n) is 8.58. The van der Waals surface area contributed by atoms with Crippen molar-refractivity contribution in [2.75, 3.05) is 19.6 Å². The molecule has 0 bridgehead atoms. The molecule has 1 amide bonds. The number of hydrogen-bond acceptors (Lipinski definition) is 4. The molecular formula is C19H22N4O. The summed E-state index contributed by atoms with van der Waals surface area (Å²) in [7, 11) is 0. The zero-order valence-electron chi connectivity index (χ0n) is 13.7. The van der Waals surface area contributed by atoms with E-state index in [4.69, 9.17) is 0 Å². The minimum atomic E-state index is 0.150. The molecule has 0 saturated carbocycles. The summed E-state index contributed by atoms with van der Waals surface area (Å²) in [6.45, 7) is 4.35. The number of rotatable bonds is 4. The summed E-state index contributed by atoms with van der Waals surface area (Å²) in [6.07, 6.45) is 8.39. The molecule has 5 nitrogen and oxygen atoms in total. The van der Waals surface area contributed by atoms with Gasteiger partial charge in [0.15, 0.2) is 0 Å². The average molecular weight is 322 g/mol.